The van der Waals surface area contributed by atoms with Crippen molar-refractivity contribution in [3.05, 3.63) is 59.5 Å². The number of aromatic nitrogens is 1. The number of hydrogen-bond acceptors (Lipinski definition) is 5. The van der Waals surface area contributed by atoms with Crippen LogP contribution in [0.25, 0.3) is 0 Å². The lowest BCUT2D eigenvalue weighted by atomic mass is 9.92. The van der Waals surface area contributed by atoms with E-state index in [4.69, 9.17) is 4.74 Å². The van der Waals surface area contributed by atoms with Gasteiger partial charge in [0.25, 0.3) is 5.91 Å². The number of nitrogens with one attached hydrogen (secondary N) is 2. The molecule has 2 N–H and O–H groups in total. The Morgan fingerprint density at radius 2 is 1.97 bits per heavy atom. The van der Waals surface area contributed by atoms with E-state index < -0.39 is 35.7 Å². The van der Waals surface area contributed by atoms with Crippen molar-refractivity contribution in [3.8, 4) is 5.88 Å². The molecule has 2 aromatic rings. The largest absolute Gasteiger partial charge is 0.474 e. The first-order chi connectivity index (χ1) is 15.4. The second-order valence-electron chi connectivity index (χ2n) is 8.22. The van der Waals surface area contributed by atoms with Crippen LogP contribution in [0.15, 0.2) is 42.6 Å². The van der Waals surface area contributed by atoms with Gasteiger partial charge in [0, 0.05) is 18.3 Å². The highest BCUT2D eigenvalue weighted by molar-refractivity contribution is 6.09. The summed E-state index contributed by atoms with van der Waals surface area (Å²) in [4.78, 5) is 43.0. The van der Waals surface area contributed by atoms with E-state index in [9.17, 15) is 18.8 Å². The van der Waals surface area contributed by atoms with Gasteiger partial charge < -0.3 is 15.4 Å². The fourth-order valence-corrected chi connectivity index (χ4v) is 4.04. The van der Waals surface area contributed by atoms with Crippen molar-refractivity contribution in [2.45, 2.75) is 50.8 Å². The summed E-state index contributed by atoms with van der Waals surface area (Å²) in [6.45, 7) is 1.26. The smallest absolute Gasteiger partial charge is 0.325 e. The third kappa shape index (κ3) is 4.42. The minimum atomic E-state index is -1.36. The van der Waals surface area contributed by atoms with E-state index in [1.165, 1.54) is 31.2 Å². The maximum Gasteiger partial charge on any atom is 0.325 e. The van der Waals surface area contributed by atoms with Crippen molar-refractivity contribution in [3.63, 3.8) is 0 Å². The standard InChI is InChI=1S/C23H25FN4O4/c1-23(16-8-10-17(24)11-9-16)21(30)28(22(31)27-23)14-19(29)26-13-15-5-4-12-25-20(15)32-18-6-2-3-7-18/h4-5,8-12,18H,2-3,6-7,13-14H2,1H3,(H,26,29)(H,27,31). The maximum absolute atomic E-state index is 13.2. The van der Waals surface area contributed by atoms with Crippen molar-refractivity contribution in [2.24, 2.45) is 0 Å². The molecular weight excluding hydrogens is 415 g/mol. The van der Waals surface area contributed by atoms with Crippen LogP contribution in [-0.4, -0.2) is 40.4 Å². The van der Waals surface area contributed by atoms with Crippen molar-refractivity contribution in [1.29, 1.82) is 0 Å². The summed E-state index contributed by atoms with van der Waals surface area (Å²) in [5, 5.41) is 5.32. The summed E-state index contributed by atoms with van der Waals surface area (Å²) in [5.74, 6) is -1.03. The first-order valence-corrected chi connectivity index (χ1v) is 10.6. The highest BCUT2D eigenvalue weighted by Crippen LogP contribution is 2.29. The molecule has 9 heteroatoms. The van der Waals surface area contributed by atoms with Crippen LogP contribution in [0.2, 0.25) is 0 Å². The van der Waals surface area contributed by atoms with Gasteiger partial charge in [-0.25, -0.2) is 14.2 Å². The van der Waals surface area contributed by atoms with Crippen molar-refractivity contribution in [1.82, 2.24) is 20.5 Å². The van der Waals surface area contributed by atoms with Crippen LogP contribution >= 0.6 is 0 Å². The summed E-state index contributed by atoms with van der Waals surface area (Å²) < 4.78 is 19.2. The molecule has 1 saturated carbocycles. The van der Waals surface area contributed by atoms with Crippen LogP contribution in [0.4, 0.5) is 9.18 Å². The molecule has 1 saturated heterocycles. The van der Waals surface area contributed by atoms with Crippen LogP contribution in [-0.2, 0) is 21.7 Å². The van der Waals surface area contributed by atoms with Crippen molar-refractivity contribution < 1.29 is 23.5 Å². The molecule has 0 spiro atoms. The Balaban J connectivity index is 1.38. The normalized spacial score (nSPS) is 21.0. The highest BCUT2D eigenvalue weighted by Gasteiger charge is 2.49. The SMILES string of the molecule is CC1(c2ccc(F)cc2)NC(=O)N(CC(=O)NCc2cccnc2OC2CCCC2)C1=O. The summed E-state index contributed by atoms with van der Waals surface area (Å²) in [6, 6.07) is 8.20. The second-order valence-corrected chi connectivity index (χ2v) is 8.22. The Kier molecular flexibility index (Phi) is 6.07. The van der Waals surface area contributed by atoms with Crippen LogP contribution in [0.1, 0.15) is 43.7 Å². The van der Waals surface area contributed by atoms with E-state index in [0.717, 1.165) is 36.1 Å². The molecular formula is C23H25FN4O4. The summed E-state index contributed by atoms with van der Waals surface area (Å²) in [7, 11) is 0. The molecule has 1 aliphatic heterocycles. The number of hydrogen-bond donors (Lipinski definition) is 2. The summed E-state index contributed by atoms with van der Waals surface area (Å²) in [6.07, 6.45) is 6.01. The number of carbonyl (C=O) groups excluding carboxylic acids is 3. The topological polar surface area (TPSA) is 101 Å². The van der Waals surface area contributed by atoms with Crippen LogP contribution in [0.3, 0.4) is 0 Å². The summed E-state index contributed by atoms with van der Waals surface area (Å²) in [5.41, 5.74) is -0.207. The highest BCUT2D eigenvalue weighted by atomic mass is 19.1. The molecule has 2 fully saturated rings. The van der Waals surface area contributed by atoms with Crippen LogP contribution < -0.4 is 15.4 Å². The molecule has 2 aliphatic rings. The van der Waals surface area contributed by atoms with Gasteiger partial charge in [0.2, 0.25) is 11.8 Å². The Bertz CT molecular complexity index is 1020. The van der Waals surface area contributed by atoms with Gasteiger partial charge in [-0.05, 0) is 56.4 Å². The number of imide groups is 1. The van der Waals surface area contributed by atoms with Gasteiger partial charge in [0.15, 0.2) is 0 Å². The number of benzene rings is 1. The number of nitrogens with zero attached hydrogens (tertiary/aromatic N) is 2. The zero-order valence-electron chi connectivity index (χ0n) is 17.8. The summed E-state index contributed by atoms with van der Waals surface area (Å²) >= 11 is 0. The Hall–Kier alpha value is -3.49. The molecule has 32 heavy (non-hydrogen) atoms. The van der Waals surface area contributed by atoms with Gasteiger partial charge in [-0.3, -0.25) is 14.5 Å². The number of urea groups is 1. The minimum absolute atomic E-state index is 0.134. The zero-order chi connectivity index (χ0) is 22.7. The number of carbonyl (C=O) groups is 3. The van der Waals surface area contributed by atoms with Gasteiger partial charge in [-0.2, -0.15) is 0 Å². The van der Waals surface area contributed by atoms with Gasteiger partial charge in [0.1, 0.15) is 24.0 Å². The Morgan fingerprint density at radius 1 is 1.25 bits per heavy atom. The maximum atomic E-state index is 13.2. The number of ether oxygens (including phenoxy) is 1. The third-order valence-electron chi connectivity index (χ3n) is 5.90. The van der Waals surface area contributed by atoms with Crippen LogP contribution in [0, 0.1) is 5.82 Å². The van der Waals surface area contributed by atoms with Crippen molar-refractivity contribution in [2.75, 3.05) is 6.54 Å². The Morgan fingerprint density at radius 3 is 2.69 bits per heavy atom. The van der Waals surface area contributed by atoms with Crippen LogP contribution in [0.5, 0.6) is 5.88 Å². The molecule has 4 rings (SSSR count). The lowest BCUT2D eigenvalue weighted by Gasteiger charge is -2.22. The quantitative estimate of drug-likeness (QED) is 0.645. The molecule has 2 heterocycles. The van der Waals surface area contributed by atoms with Gasteiger partial charge in [0.05, 0.1) is 0 Å². The number of pyridine rings is 1. The number of rotatable bonds is 7. The van der Waals surface area contributed by atoms with E-state index in [1.807, 2.05) is 6.07 Å². The van der Waals surface area contributed by atoms with E-state index in [1.54, 1.807) is 12.3 Å². The molecule has 0 bridgehead atoms. The number of amides is 4. The Labute approximate surface area is 185 Å². The molecule has 1 aromatic carbocycles. The molecule has 4 amide bonds. The molecule has 168 valence electrons. The lowest BCUT2D eigenvalue weighted by Crippen LogP contribution is -2.43. The van der Waals surface area contributed by atoms with Gasteiger partial charge in [-0.15, -0.1) is 0 Å². The van der Waals surface area contributed by atoms with Crippen molar-refractivity contribution >= 4 is 17.8 Å². The predicted molar refractivity (Wildman–Crippen MR) is 113 cm³/mol. The van der Waals surface area contributed by atoms with E-state index in [2.05, 4.69) is 15.6 Å². The molecule has 0 radical (unpaired) electrons. The fourth-order valence-electron chi connectivity index (χ4n) is 4.04. The zero-order valence-corrected chi connectivity index (χ0v) is 17.8. The average Bonchev–Trinajstić information content (AvgIpc) is 3.36. The first kappa shape index (κ1) is 21.7. The van der Waals surface area contributed by atoms with E-state index in [-0.39, 0.29) is 12.6 Å². The van der Waals surface area contributed by atoms with E-state index >= 15 is 0 Å². The van der Waals surface area contributed by atoms with E-state index in [0.29, 0.717) is 11.4 Å². The first-order valence-electron chi connectivity index (χ1n) is 10.6. The monoisotopic (exact) mass is 440 g/mol. The molecule has 1 aromatic heterocycles. The lowest BCUT2D eigenvalue weighted by molar-refractivity contribution is -0.134. The third-order valence-corrected chi connectivity index (χ3v) is 5.90. The molecule has 1 aliphatic carbocycles. The predicted octanol–water partition coefficient (Wildman–Crippen LogP) is 2.63. The average molecular weight is 440 g/mol. The molecule has 1 atom stereocenters. The minimum Gasteiger partial charge on any atom is -0.474 e. The van der Waals surface area contributed by atoms with Gasteiger partial charge in [-0.1, -0.05) is 18.2 Å². The number of halogens is 1. The van der Waals surface area contributed by atoms with Gasteiger partial charge >= 0.3 is 6.03 Å². The fraction of sp³-hybridized carbons (Fsp3) is 0.391. The molecule has 1 unspecified atom stereocenters. The molecule has 8 nitrogen and oxygen atoms in total. The second kappa shape index (κ2) is 8.94.